The van der Waals surface area contributed by atoms with Gasteiger partial charge in [-0.15, -0.1) is 0 Å². The number of thiophene rings is 1. The van der Waals surface area contributed by atoms with Crippen LogP contribution in [0.15, 0.2) is 11.4 Å². The second kappa shape index (κ2) is 7.01. The molecule has 0 unspecified atom stereocenters. The number of nitro groups is 1. The minimum atomic E-state index is -0.317. The quantitative estimate of drug-likeness (QED) is 0.502. The van der Waals surface area contributed by atoms with Gasteiger partial charge in [0.2, 0.25) is 0 Å². The predicted octanol–water partition coefficient (Wildman–Crippen LogP) is 4.10. The molecule has 0 radical (unpaired) electrons. The van der Waals surface area contributed by atoms with Gasteiger partial charge in [-0.1, -0.05) is 37.0 Å². The first-order valence-electron chi connectivity index (χ1n) is 7.12. The highest BCUT2D eigenvalue weighted by atomic mass is 32.1. The molecule has 0 bridgehead atoms. The lowest BCUT2D eigenvalue weighted by atomic mass is 9.93. The smallest absolute Gasteiger partial charge is 0.310 e. The molecule has 2 rings (SSSR count). The van der Waals surface area contributed by atoms with Crippen molar-refractivity contribution < 1.29 is 4.92 Å². The minimum Gasteiger partial charge on any atom is -0.310 e. The van der Waals surface area contributed by atoms with Crippen LogP contribution >= 0.6 is 11.3 Å². The van der Waals surface area contributed by atoms with E-state index in [-0.39, 0.29) is 9.92 Å². The van der Waals surface area contributed by atoms with Crippen molar-refractivity contribution in [3.05, 3.63) is 27.1 Å². The topological polar surface area (TPSA) is 55.2 Å². The van der Waals surface area contributed by atoms with Gasteiger partial charge >= 0.3 is 5.00 Å². The van der Waals surface area contributed by atoms with Gasteiger partial charge in [-0.2, -0.15) is 0 Å². The maximum Gasteiger partial charge on any atom is 0.324 e. The third-order valence-electron chi connectivity index (χ3n) is 4.05. The van der Waals surface area contributed by atoms with Gasteiger partial charge in [0.05, 0.1) is 4.92 Å². The fraction of sp³-hybridized carbons (Fsp3) is 0.714. The van der Waals surface area contributed by atoms with Crippen LogP contribution in [0, 0.1) is 16.0 Å². The Kier molecular flexibility index (Phi) is 5.34. The summed E-state index contributed by atoms with van der Waals surface area (Å²) in [7, 11) is 0. The zero-order chi connectivity index (χ0) is 13.7. The number of nitrogens with zero attached hydrogens (tertiary/aromatic N) is 1. The van der Waals surface area contributed by atoms with Crippen molar-refractivity contribution in [2.75, 3.05) is 0 Å². The Morgan fingerprint density at radius 1 is 1.42 bits per heavy atom. The third-order valence-corrected chi connectivity index (χ3v) is 4.98. The first kappa shape index (κ1) is 14.5. The van der Waals surface area contributed by atoms with Crippen LogP contribution in [0.2, 0.25) is 0 Å². The average molecular weight is 282 g/mol. The Labute approximate surface area is 118 Å². The molecule has 1 aliphatic carbocycles. The van der Waals surface area contributed by atoms with Gasteiger partial charge in [0, 0.05) is 24.0 Å². The summed E-state index contributed by atoms with van der Waals surface area (Å²) in [6.45, 7) is 2.98. The normalized spacial score (nSPS) is 19.0. The van der Waals surface area contributed by atoms with Crippen LogP contribution in [-0.2, 0) is 6.54 Å². The molecule has 1 aliphatic rings. The molecule has 0 amide bonds. The van der Waals surface area contributed by atoms with Gasteiger partial charge in [-0.05, 0) is 31.2 Å². The van der Waals surface area contributed by atoms with E-state index in [9.17, 15) is 10.1 Å². The fourth-order valence-corrected chi connectivity index (χ4v) is 3.54. The summed E-state index contributed by atoms with van der Waals surface area (Å²) in [6.07, 6.45) is 8.08. The SMILES string of the molecule is C[C@@H](NCc1csc([N+](=O)[O-])c1)C1CCCCCC1. The molecule has 19 heavy (non-hydrogen) atoms. The Bertz CT molecular complexity index is 411. The van der Waals surface area contributed by atoms with Gasteiger partial charge in [-0.25, -0.2) is 0 Å². The highest BCUT2D eigenvalue weighted by molar-refractivity contribution is 7.13. The number of hydrogen-bond donors (Lipinski definition) is 1. The van der Waals surface area contributed by atoms with Gasteiger partial charge in [0.1, 0.15) is 0 Å². The van der Waals surface area contributed by atoms with Crippen molar-refractivity contribution in [3.8, 4) is 0 Å². The van der Waals surface area contributed by atoms with Crippen LogP contribution in [0.3, 0.4) is 0 Å². The summed E-state index contributed by atoms with van der Waals surface area (Å²) >= 11 is 1.21. The third kappa shape index (κ3) is 4.28. The summed E-state index contributed by atoms with van der Waals surface area (Å²) in [5, 5.41) is 16.3. The maximum atomic E-state index is 10.6. The van der Waals surface area contributed by atoms with Gasteiger partial charge in [0.15, 0.2) is 0 Å². The van der Waals surface area contributed by atoms with Crippen molar-refractivity contribution in [2.24, 2.45) is 5.92 Å². The number of hydrogen-bond acceptors (Lipinski definition) is 4. The van der Waals surface area contributed by atoms with E-state index in [1.54, 1.807) is 6.07 Å². The summed E-state index contributed by atoms with van der Waals surface area (Å²) in [4.78, 5) is 10.3. The van der Waals surface area contributed by atoms with Crippen LogP contribution in [0.25, 0.3) is 0 Å². The molecule has 0 aliphatic heterocycles. The minimum absolute atomic E-state index is 0.235. The van der Waals surface area contributed by atoms with Crippen LogP contribution in [0.5, 0.6) is 0 Å². The van der Waals surface area contributed by atoms with Crippen LogP contribution in [0.4, 0.5) is 5.00 Å². The Morgan fingerprint density at radius 3 is 2.68 bits per heavy atom. The number of rotatable bonds is 5. The molecule has 4 nitrogen and oxygen atoms in total. The lowest BCUT2D eigenvalue weighted by Crippen LogP contribution is -2.32. The first-order valence-corrected chi connectivity index (χ1v) is 8.00. The molecular weight excluding hydrogens is 260 g/mol. The monoisotopic (exact) mass is 282 g/mol. The van der Waals surface area contributed by atoms with Gasteiger partial charge < -0.3 is 5.32 Å². The second-order valence-electron chi connectivity index (χ2n) is 5.47. The average Bonchev–Trinajstić information content (AvgIpc) is 2.70. The van der Waals surface area contributed by atoms with Crippen molar-refractivity contribution in [1.29, 1.82) is 0 Å². The largest absolute Gasteiger partial charge is 0.324 e. The summed E-state index contributed by atoms with van der Waals surface area (Å²) in [5.41, 5.74) is 1.03. The molecule has 106 valence electrons. The lowest BCUT2D eigenvalue weighted by Gasteiger charge is -2.23. The number of nitrogens with one attached hydrogen (secondary N) is 1. The summed E-state index contributed by atoms with van der Waals surface area (Å²) in [6, 6.07) is 2.18. The summed E-state index contributed by atoms with van der Waals surface area (Å²) < 4.78 is 0. The molecule has 0 aromatic carbocycles. The highest BCUT2D eigenvalue weighted by Crippen LogP contribution is 2.26. The van der Waals surface area contributed by atoms with E-state index in [1.165, 1.54) is 49.9 Å². The van der Waals surface area contributed by atoms with E-state index in [0.717, 1.165) is 18.0 Å². The van der Waals surface area contributed by atoms with Gasteiger partial charge in [-0.3, -0.25) is 10.1 Å². The van der Waals surface area contributed by atoms with E-state index in [1.807, 2.05) is 5.38 Å². The lowest BCUT2D eigenvalue weighted by molar-refractivity contribution is -0.380. The van der Waals surface area contributed by atoms with E-state index in [0.29, 0.717) is 6.04 Å². The molecule has 5 heteroatoms. The molecule has 1 saturated carbocycles. The second-order valence-corrected chi connectivity index (χ2v) is 6.36. The van der Waals surface area contributed by atoms with Crippen molar-refractivity contribution in [3.63, 3.8) is 0 Å². The first-order chi connectivity index (χ1) is 9.16. The molecule has 1 N–H and O–H groups in total. The summed E-state index contributed by atoms with van der Waals surface area (Å²) in [5.74, 6) is 0.760. The molecule has 1 atom stereocenters. The van der Waals surface area contributed by atoms with Crippen LogP contribution < -0.4 is 5.32 Å². The van der Waals surface area contributed by atoms with Crippen LogP contribution in [-0.4, -0.2) is 11.0 Å². The predicted molar refractivity (Wildman–Crippen MR) is 78.5 cm³/mol. The van der Waals surface area contributed by atoms with Crippen molar-refractivity contribution in [1.82, 2.24) is 5.32 Å². The molecular formula is C14H22N2O2S. The Morgan fingerprint density at radius 2 is 2.11 bits per heavy atom. The van der Waals surface area contributed by atoms with E-state index < -0.39 is 0 Å². The molecule has 1 aromatic heterocycles. The van der Waals surface area contributed by atoms with E-state index >= 15 is 0 Å². The molecule has 1 aromatic rings. The Hall–Kier alpha value is -0.940. The van der Waals surface area contributed by atoms with Crippen molar-refractivity contribution >= 4 is 16.3 Å². The molecule has 1 fully saturated rings. The molecule has 0 saturated heterocycles. The molecule has 0 spiro atoms. The Balaban J connectivity index is 1.81. The standard InChI is InChI=1S/C14H22N2O2S/c1-11(13-6-4-2-3-5-7-13)15-9-12-8-14(16(17)18)19-10-12/h8,10-11,13,15H,2-7,9H2,1H3/t11-/m1/s1. The zero-order valence-corrected chi connectivity index (χ0v) is 12.2. The van der Waals surface area contributed by atoms with Crippen LogP contribution in [0.1, 0.15) is 51.0 Å². The van der Waals surface area contributed by atoms with E-state index in [2.05, 4.69) is 12.2 Å². The highest BCUT2D eigenvalue weighted by Gasteiger charge is 2.19. The maximum absolute atomic E-state index is 10.6. The van der Waals surface area contributed by atoms with Crippen molar-refractivity contribution in [2.45, 2.75) is 58.0 Å². The molecule has 1 heterocycles. The fourth-order valence-electron chi connectivity index (χ4n) is 2.81. The zero-order valence-electron chi connectivity index (χ0n) is 11.4. The van der Waals surface area contributed by atoms with E-state index in [4.69, 9.17) is 0 Å². The van der Waals surface area contributed by atoms with Gasteiger partial charge in [0.25, 0.3) is 0 Å².